The van der Waals surface area contributed by atoms with Crippen LogP contribution in [-0.4, -0.2) is 9.97 Å². The zero-order valence-electron chi connectivity index (χ0n) is 8.94. The Bertz CT molecular complexity index is 535. The van der Waals surface area contributed by atoms with Crippen molar-refractivity contribution in [1.29, 1.82) is 0 Å². The van der Waals surface area contributed by atoms with Crippen molar-refractivity contribution in [2.75, 3.05) is 0 Å². The van der Waals surface area contributed by atoms with Crippen molar-refractivity contribution in [1.82, 2.24) is 9.97 Å². The van der Waals surface area contributed by atoms with Gasteiger partial charge in [0.25, 0.3) is 0 Å². The van der Waals surface area contributed by atoms with Crippen LogP contribution < -0.4 is 0 Å². The molecule has 0 radical (unpaired) electrons. The lowest BCUT2D eigenvalue weighted by atomic mass is 10.1. The van der Waals surface area contributed by atoms with E-state index in [9.17, 15) is 4.39 Å². The molecule has 2 rings (SSSR count). The molecule has 0 spiro atoms. The molecule has 0 aliphatic heterocycles. The Morgan fingerprint density at radius 2 is 2.06 bits per heavy atom. The van der Waals surface area contributed by atoms with Gasteiger partial charge in [-0.1, -0.05) is 6.58 Å². The van der Waals surface area contributed by atoms with Gasteiger partial charge in [-0.05, 0) is 36.8 Å². The SMILES string of the molecule is C=Cc1ncc(-c2ccnc(C)c2)cc1F. The van der Waals surface area contributed by atoms with E-state index in [2.05, 4.69) is 16.5 Å². The van der Waals surface area contributed by atoms with Crippen LogP contribution >= 0.6 is 0 Å². The zero-order valence-corrected chi connectivity index (χ0v) is 8.94. The molecule has 0 N–H and O–H groups in total. The van der Waals surface area contributed by atoms with Crippen LogP contribution in [0.3, 0.4) is 0 Å². The highest BCUT2D eigenvalue weighted by Crippen LogP contribution is 2.20. The maximum Gasteiger partial charge on any atom is 0.149 e. The Hall–Kier alpha value is -2.03. The first-order valence-electron chi connectivity index (χ1n) is 4.91. The van der Waals surface area contributed by atoms with Crippen molar-refractivity contribution in [2.45, 2.75) is 6.92 Å². The molecule has 0 fully saturated rings. The Labute approximate surface area is 93.5 Å². The summed E-state index contributed by atoms with van der Waals surface area (Å²) in [6.45, 7) is 5.39. The van der Waals surface area contributed by atoms with E-state index in [1.807, 2.05) is 19.1 Å². The first kappa shape index (κ1) is 10.5. The van der Waals surface area contributed by atoms with Crippen LogP contribution in [0.5, 0.6) is 0 Å². The number of rotatable bonds is 2. The highest BCUT2D eigenvalue weighted by Gasteiger charge is 2.04. The number of aromatic nitrogens is 2. The normalized spacial score (nSPS) is 10.1. The standard InChI is InChI=1S/C13H11FN2/c1-3-13-12(14)7-11(8-16-13)10-4-5-15-9(2)6-10/h3-8H,1H2,2H3. The molecule has 0 atom stereocenters. The van der Waals surface area contributed by atoms with Crippen LogP contribution in [0.1, 0.15) is 11.4 Å². The first-order chi connectivity index (χ1) is 7.70. The maximum absolute atomic E-state index is 13.5. The van der Waals surface area contributed by atoms with Gasteiger partial charge in [0, 0.05) is 23.7 Å². The molecule has 0 bridgehead atoms. The molecule has 0 saturated carbocycles. The van der Waals surface area contributed by atoms with Crippen LogP contribution in [0.25, 0.3) is 17.2 Å². The van der Waals surface area contributed by atoms with Gasteiger partial charge in [-0.3, -0.25) is 9.97 Å². The molecule has 2 heterocycles. The lowest BCUT2D eigenvalue weighted by Gasteiger charge is -2.03. The third-order valence-corrected chi connectivity index (χ3v) is 2.29. The van der Waals surface area contributed by atoms with Gasteiger partial charge in [0.15, 0.2) is 0 Å². The fourth-order valence-electron chi connectivity index (χ4n) is 1.48. The third kappa shape index (κ3) is 1.98. The average Bonchev–Trinajstić information content (AvgIpc) is 2.29. The van der Waals surface area contributed by atoms with Crippen LogP contribution in [0.2, 0.25) is 0 Å². The number of hydrogen-bond donors (Lipinski definition) is 0. The number of halogens is 1. The topological polar surface area (TPSA) is 25.8 Å². The number of hydrogen-bond acceptors (Lipinski definition) is 2. The molecule has 3 heteroatoms. The Morgan fingerprint density at radius 1 is 1.25 bits per heavy atom. The van der Waals surface area contributed by atoms with Gasteiger partial charge in [-0.25, -0.2) is 4.39 Å². The van der Waals surface area contributed by atoms with E-state index >= 15 is 0 Å². The number of aryl methyl sites for hydroxylation is 1. The van der Waals surface area contributed by atoms with Gasteiger partial charge in [0.2, 0.25) is 0 Å². The summed E-state index contributed by atoms with van der Waals surface area (Å²) in [6, 6.07) is 5.18. The molecule has 0 aliphatic carbocycles. The highest BCUT2D eigenvalue weighted by molar-refractivity contribution is 5.63. The van der Waals surface area contributed by atoms with Crippen molar-refractivity contribution in [3.63, 3.8) is 0 Å². The smallest absolute Gasteiger partial charge is 0.149 e. The van der Waals surface area contributed by atoms with Crippen LogP contribution in [0.15, 0.2) is 37.2 Å². The van der Waals surface area contributed by atoms with Crippen molar-refractivity contribution in [2.24, 2.45) is 0 Å². The molecule has 2 aromatic heterocycles. The quantitative estimate of drug-likeness (QED) is 0.767. The maximum atomic E-state index is 13.5. The van der Waals surface area contributed by atoms with E-state index in [4.69, 9.17) is 0 Å². The van der Waals surface area contributed by atoms with Gasteiger partial charge in [-0.2, -0.15) is 0 Å². The summed E-state index contributed by atoms with van der Waals surface area (Å²) >= 11 is 0. The predicted molar refractivity (Wildman–Crippen MR) is 62.3 cm³/mol. The summed E-state index contributed by atoms with van der Waals surface area (Å²) in [5.74, 6) is -0.359. The van der Waals surface area contributed by atoms with E-state index in [1.54, 1.807) is 12.4 Å². The largest absolute Gasteiger partial charge is 0.262 e. The molecule has 80 valence electrons. The minimum Gasteiger partial charge on any atom is -0.262 e. The monoisotopic (exact) mass is 214 g/mol. The minimum atomic E-state index is -0.359. The number of pyridine rings is 2. The van der Waals surface area contributed by atoms with Crippen molar-refractivity contribution >= 4 is 6.08 Å². The molecular formula is C13H11FN2. The van der Waals surface area contributed by atoms with E-state index in [1.165, 1.54) is 12.1 Å². The average molecular weight is 214 g/mol. The van der Waals surface area contributed by atoms with Crippen molar-refractivity contribution in [3.05, 3.63) is 54.4 Å². The fourth-order valence-corrected chi connectivity index (χ4v) is 1.48. The third-order valence-electron chi connectivity index (χ3n) is 2.29. The summed E-state index contributed by atoms with van der Waals surface area (Å²) in [5.41, 5.74) is 2.82. The summed E-state index contributed by atoms with van der Waals surface area (Å²) < 4.78 is 13.5. The summed E-state index contributed by atoms with van der Waals surface area (Å²) in [7, 11) is 0. The van der Waals surface area contributed by atoms with E-state index in [0.29, 0.717) is 0 Å². The van der Waals surface area contributed by atoms with Gasteiger partial charge in [0.05, 0.1) is 5.69 Å². The van der Waals surface area contributed by atoms with Gasteiger partial charge >= 0.3 is 0 Å². The van der Waals surface area contributed by atoms with Crippen molar-refractivity contribution < 1.29 is 4.39 Å². The minimum absolute atomic E-state index is 0.273. The zero-order chi connectivity index (χ0) is 11.5. The molecule has 0 aromatic carbocycles. The van der Waals surface area contributed by atoms with Gasteiger partial charge in [0.1, 0.15) is 5.82 Å². The second kappa shape index (κ2) is 4.23. The van der Waals surface area contributed by atoms with Gasteiger partial charge in [-0.15, -0.1) is 0 Å². The first-order valence-corrected chi connectivity index (χ1v) is 4.91. The van der Waals surface area contributed by atoms with Crippen LogP contribution in [0, 0.1) is 12.7 Å². The van der Waals surface area contributed by atoms with E-state index < -0.39 is 0 Å². The molecular weight excluding hydrogens is 203 g/mol. The molecule has 16 heavy (non-hydrogen) atoms. The Morgan fingerprint density at radius 3 is 2.69 bits per heavy atom. The molecule has 0 unspecified atom stereocenters. The molecule has 0 aliphatic rings. The Kier molecular flexibility index (Phi) is 2.77. The molecule has 0 amide bonds. The summed E-state index contributed by atoms with van der Waals surface area (Å²) in [5, 5.41) is 0. The lowest BCUT2D eigenvalue weighted by Crippen LogP contribution is -1.90. The van der Waals surface area contributed by atoms with Crippen LogP contribution in [-0.2, 0) is 0 Å². The molecule has 2 aromatic rings. The lowest BCUT2D eigenvalue weighted by molar-refractivity contribution is 0.618. The van der Waals surface area contributed by atoms with Crippen molar-refractivity contribution in [3.8, 4) is 11.1 Å². The fraction of sp³-hybridized carbons (Fsp3) is 0.0769. The van der Waals surface area contributed by atoms with Gasteiger partial charge < -0.3 is 0 Å². The molecule has 0 saturated heterocycles. The summed E-state index contributed by atoms with van der Waals surface area (Å²) in [6.07, 6.45) is 4.73. The van der Waals surface area contributed by atoms with E-state index in [-0.39, 0.29) is 11.5 Å². The summed E-state index contributed by atoms with van der Waals surface area (Å²) in [4.78, 5) is 8.08. The highest BCUT2D eigenvalue weighted by atomic mass is 19.1. The molecule has 2 nitrogen and oxygen atoms in total. The second-order valence-corrected chi connectivity index (χ2v) is 3.48. The van der Waals surface area contributed by atoms with Crippen LogP contribution in [0.4, 0.5) is 4.39 Å². The predicted octanol–water partition coefficient (Wildman–Crippen LogP) is 3.23. The number of nitrogens with zero attached hydrogens (tertiary/aromatic N) is 2. The van der Waals surface area contributed by atoms with E-state index in [0.717, 1.165) is 16.8 Å². The Balaban J connectivity index is 2.49. The second-order valence-electron chi connectivity index (χ2n) is 3.48.